The number of aromatic amines is 1. The summed E-state index contributed by atoms with van der Waals surface area (Å²) in [6.45, 7) is 2.09. The van der Waals surface area contributed by atoms with Crippen molar-refractivity contribution in [2.45, 2.75) is 44.6 Å². The molecule has 1 amide bonds. The lowest BCUT2D eigenvalue weighted by Crippen LogP contribution is -2.49. The minimum Gasteiger partial charge on any atom is -0.394 e. The molecule has 2 aromatic rings. The fourth-order valence-electron chi connectivity index (χ4n) is 3.48. The monoisotopic (exact) mass is 286 g/mol. The van der Waals surface area contributed by atoms with Gasteiger partial charge >= 0.3 is 0 Å². The van der Waals surface area contributed by atoms with Gasteiger partial charge in [0.2, 0.25) is 5.91 Å². The van der Waals surface area contributed by atoms with Crippen LogP contribution in [0, 0.1) is 6.92 Å². The molecule has 1 saturated carbocycles. The Balaban J connectivity index is 1.77. The van der Waals surface area contributed by atoms with Crippen LogP contribution in [-0.4, -0.2) is 28.1 Å². The highest BCUT2D eigenvalue weighted by molar-refractivity contribution is 5.91. The summed E-state index contributed by atoms with van der Waals surface area (Å²) in [5, 5.41) is 13.8. The summed E-state index contributed by atoms with van der Waals surface area (Å²) >= 11 is 0. The quantitative estimate of drug-likeness (QED) is 0.808. The molecular formula is C17H22N2O2. The van der Waals surface area contributed by atoms with Gasteiger partial charge in [0.1, 0.15) is 0 Å². The summed E-state index contributed by atoms with van der Waals surface area (Å²) in [7, 11) is 0. The molecule has 0 saturated heterocycles. The van der Waals surface area contributed by atoms with Gasteiger partial charge in [0, 0.05) is 17.1 Å². The average Bonchev–Trinajstić information content (AvgIpc) is 3.08. The Morgan fingerprint density at radius 3 is 2.86 bits per heavy atom. The van der Waals surface area contributed by atoms with Crippen LogP contribution in [0.2, 0.25) is 0 Å². The first kappa shape index (κ1) is 14.1. The predicted octanol–water partition coefficient (Wildman–Crippen LogP) is 2.44. The first-order valence-electron chi connectivity index (χ1n) is 7.61. The van der Waals surface area contributed by atoms with Gasteiger partial charge in [-0.3, -0.25) is 4.79 Å². The molecule has 21 heavy (non-hydrogen) atoms. The van der Waals surface area contributed by atoms with E-state index in [9.17, 15) is 9.90 Å². The average molecular weight is 286 g/mol. The van der Waals surface area contributed by atoms with Gasteiger partial charge in [-0.25, -0.2) is 0 Å². The van der Waals surface area contributed by atoms with Gasteiger partial charge in [-0.2, -0.15) is 0 Å². The number of H-pyrrole nitrogens is 1. The Kier molecular flexibility index (Phi) is 3.72. The number of aliphatic hydroxyl groups is 1. The highest BCUT2D eigenvalue weighted by Crippen LogP contribution is 2.29. The van der Waals surface area contributed by atoms with Crippen molar-refractivity contribution in [1.82, 2.24) is 10.3 Å². The van der Waals surface area contributed by atoms with Crippen LogP contribution in [0.5, 0.6) is 0 Å². The van der Waals surface area contributed by atoms with Crippen molar-refractivity contribution >= 4 is 16.8 Å². The molecule has 0 unspecified atom stereocenters. The maximum absolute atomic E-state index is 12.3. The van der Waals surface area contributed by atoms with E-state index in [2.05, 4.69) is 23.3 Å². The molecule has 1 aromatic heterocycles. The summed E-state index contributed by atoms with van der Waals surface area (Å²) in [6.07, 6.45) is 6.18. The van der Waals surface area contributed by atoms with E-state index < -0.39 is 5.54 Å². The van der Waals surface area contributed by atoms with Crippen molar-refractivity contribution in [2.24, 2.45) is 0 Å². The van der Waals surface area contributed by atoms with E-state index in [-0.39, 0.29) is 12.5 Å². The molecule has 3 N–H and O–H groups in total. The Labute approximate surface area is 124 Å². The zero-order valence-electron chi connectivity index (χ0n) is 12.4. The number of hydrogen-bond donors (Lipinski definition) is 3. The van der Waals surface area contributed by atoms with E-state index in [0.29, 0.717) is 6.42 Å². The van der Waals surface area contributed by atoms with E-state index in [0.717, 1.165) is 42.1 Å². The van der Waals surface area contributed by atoms with Crippen LogP contribution in [0.4, 0.5) is 0 Å². The van der Waals surface area contributed by atoms with Gasteiger partial charge < -0.3 is 15.4 Å². The van der Waals surface area contributed by atoms with Gasteiger partial charge in [0.25, 0.3) is 0 Å². The molecule has 0 spiro atoms. The van der Waals surface area contributed by atoms with Crippen molar-refractivity contribution in [3.8, 4) is 0 Å². The van der Waals surface area contributed by atoms with Gasteiger partial charge in [0.15, 0.2) is 0 Å². The third-order valence-corrected chi connectivity index (χ3v) is 4.61. The number of carbonyl (C=O) groups is 1. The standard InChI is InChI=1S/C17H22N2O2/c1-12-5-4-6-14-16(12)13(10-18-14)9-15(21)19-17(11-20)7-2-3-8-17/h4-6,10,18,20H,2-3,7-9,11H2,1H3,(H,19,21). The Morgan fingerprint density at radius 2 is 2.14 bits per heavy atom. The Bertz CT molecular complexity index is 654. The second-order valence-corrected chi connectivity index (χ2v) is 6.18. The van der Waals surface area contributed by atoms with Crippen LogP contribution in [0.15, 0.2) is 24.4 Å². The van der Waals surface area contributed by atoms with E-state index in [4.69, 9.17) is 0 Å². The van der Waals surface area contributed by atoms with Crippen molar-refractivity contribution in [3.63, 3.8) is 0 Å². The molecule has 1 aromatic carbocycles. The number of hydrogen-bond acceptors (Lipinski definition) is 2. The summed E-state index contributed by atoms with van der Waals surface area (Å²) in [4.78, 5) is 15.6. The van der Waals surface area contributed by atoms with Gasteiger partial charge in [-0.05, 0) is 37.0 Å². The van der Waals surface area contributed by atoms with Crippen molar-refractivity contribution in [1.29, 1.82) is 0 Å². The summed E-state index contributed by atoms with van der Waals surface area (Å²) in [5.41, 5.74) is 2.87. The molecule has 0 bridgehead atoms. The first-order chi connectivity index (χ1) is 10.1. The van der Waals surface area contributed by atoms with E-state index in [1.54, 1.807) is 0 Å². The van der Waals surface area contributed by atoms with Gasteiger partial charge in [0.05, 0.1) is 18.6 Å². The normalized spacial score (nSPS) is 17.2. The van der Waals surface area contributed by atoms with Crippen LogP contribution in [0.3, 0.4) is 0 Å². The Morgan fingerprint density at radius 1 is 1.38 bits per heavy atom. The van der Waals surface area contributed by atoms with E-state index in [1.165, 1.54) is 5.56 Å². The highest BCUT2D eigenvalue weighted by Gasteiger charge is 2.34. The predicted molar refractivity (Wildman–Crippen MR) is 83.2 cm³/mol. The minimum absolute atomic E-state index is 0.00453. The fraction of sp³-hybridized carbons (Fsp3) is 0.471. The molecule has 1 heterocycles. The number of benzene rings is 1. The van der Waals surface area contributed by atoms with Crippen LogP contribution >= 0.6 is 0 Å². The number of aliphatic hydroxyl groups excluding tert-OH is 1. The number of rotatable bonds is 4. The lowest BCUT2D eigenvalue weighted by Gasteiger charge is -2.28. The van der Waals surface area contributed by atoms with Gasteiger partial charge in [-0.1, -0.05) is 25.0 Å². The maximum Gasteiger partial charge on any atom is 0.225 e. The van der Waals surface area contributed by atoms with Crippen LogP contribution in [0.1, 0.15) is 36.8 Å². The molecule has 0 atom stereocenters. The van der Waals surface area contributed by atoms with Gasteiger partial charge in [-0.15, -0.1) is 0 Å². The second-order valence-electron chi connectivity index (χ2n) is 6.18. The van der Waals surface area contributed by atoms with Crippen molar-refractivity contribution < 1.29 is 9.90 Å². The number of carbonyl (C=O) groups excluding carboxylic acids is 1. The molecule has 0 radical (unpaired) electrons. The molecule has 4 nitrogen and oxygen atoms in total. The third kappa shape index (κ3) is 2.68. The summed E-state index contributed by atoms with van der Waals surface area (Å²) in [6, 6.07) is 6.09. The number of aryl methyl sites for hydroxylation is 1. The largest absolute Gasteiger partial charge is 0.394 e. The van der Waals surface area contributed by atoms with Crippen LogP contribution in [0.25, 0.3) is 10.9 Å². The van der Waals surface area contributed by atoms with Crippen molar-refractivity contribution in [3.05, 3.63) is 35.5 Å². The summed E-state index contributed by atoms with van der Waals surface area (Å²) < 4.78 is 0. The lowest BCUT2D eigenvalue weighted by molar-refractivity contribution is -0.122. The maximum atomic E-state index is 12.3. The van der Waals surface area contributed by atoms with Crippen LogP contribution < -0.4 is 5.32 Å². The number of aromatic nitrogens is 1. The molecule has 112 valence electrons. The zero-order chi connectivity index (χ0) is 14.9. The number of nitrogens with one attached hydrogen (secondary N) is 2. The SMILES string of the molecule is Cc1cccc2[nH]cc(CC(=O)NC3(CO)CCCC3)c12. The first-order valence-corrected chi connectivity index (χ1v) is 7.61. The molecule has 1 aliphatic carbocycles. The zero-order valence-corrected chi connectivity index (χ0v) is 12.4. The Hall–Kier alpha value is -1.81. The van der Waals surface area contributed by atoms with Crippen molar-refractivity contribution in [2.75, 3.05) is 6.61 Å². The summed E-state index contributed by atoms with van der Waals surface area (Å²) in [5.74, 6) is -0.00453. The topological polar surface area (TPSA) is 65.1 Å². The van der Waals surface area contributed by atoms with E-state index >= 15 is 0 Å². The molecule has 1 aliphatic rings. The van der Waals surface area contributed by atoms with E-state index in [1.807, 2.05) is 18.3 Å². The van der Waals surface area contributed by atoms with Crippen LogP contribution in [-0.2, 0) is 11.2 Å². The second kappa shape index (κ2) is 5.53. The third-order valence-electron chi connectivity index (χ3n) is 4.61. The molecule has 3 rings (SSSR count). The smallest absolute Gasteiger partial charge is 0.225 e. The molecule has 0 aliphatic heterocycles. The number of amides is 1. The lowest BCUT2D eigenvalue weighted by atomic mass is 9.98. The molecule has 1 fully saturated rings. The molecular weight excluding hydrogens is 264 g/mol. The fourth-order valence-corrected chi connectivity index (χ4v) is 3.48. The minimum atomic E-state index is -0.391. The number of fused-ring (bicyclic) bond motifs is 1. The highest BCUT2D eigenvalue weighted by atomic mass is 16.3. The molecule has 4 heteroatoms.